The summed E-state index contributed by atoms with van der Waals surface area (Å²) in [7, 11) is 0. The minimum atomic E-state index is -4.38. The first-order valence-electron chi connectivity index (χ1n) is 10.2. The van der Waals surface area contributed by atoms with Crippen LogP contribution in [-0.2, 0) is 6.18 Å². The third-order valence-electron chi connectivity index (χ3n) is 5.45. The molecule has 0 radical (unpaired) electrons. The molecule has 1 aliphatic rings. The number of nitrogens with one attached hydrogen (secondary N) is 1. The van der Waals surface area contributed by atoms with Crippen LogP contribution in [0.1, 0.15) is 21.5 Å². The highest BCUT2D eigenvalue weighted by atomic mass is 32.2. The number of rotatable bonds is 4. The van der Waals surface area contributed by atoms with E-state index in [9.17, 15) is 18.0 Å². The zero-order valence-electron chi connectivity index (χ0n) is 17.4. The number of anilines is 2. The third-order valence-corrected chi connectivity index (χ3v) is 6.39. The highest BCUT2D eigenvalue weighted by Gasteiger charge is 2.30. The van der Waals surface area contributed by atoms with Crippen molar-refractivity contribution in [2.75, 3.05) is 34.8 Å². The number of aromatic nitrogens is 1. The van der Waals surface area contributed by atoms with Gasteiger partial charge in [-0.2, -0.15) is 24.9 Å². The third kappa shape index (κ3) is 4.91. The Hall–Kier alpha value is -3.00. The van der Waals surface area contributed by atoms with Gasteiger partial charge in [0.1, 0.15) is 5.82 Å². The molecule has 0 bridgehead atoms. The smallest absolute Gasteiger partial charge is 0.355 e. The number of carbonyl (C=O) groups is 1. The number of carbonyl (C=O) groups excluding carboxylic acids is 1. The van der Waals surface area contributed by atoms with Crippen LogP contribution in [0.3, 0.4) is 0 Å². The molecule has 166 valence electrons. The van der Waals surface area contributed by atoms with Gasteiger partial charge in [0, 0.05) is 36.5 Å². The van der Waals surface area contributed by atoms with Gasteiger partial charge in [-0.05, 0) is 53.9 Å². The molecule has 0 aliphatic carbocycles. The lowest BCUT2D eigenvalue weighted by molar-refractivity contribution is -0.137. The number of halogens is 3. The van der Waals surface area contributed by atoms with Crippen LogP contribution in [0.4, 0.5) is 24.7 Å². The van der Waals surface area contributed by atoms with E-state index in [0.29, 0.717) is 16.8 Å². The number of amides is 1. The van der Waals surface area contributed by atoms with Gasteiger partial charge in [0.25, 0.3) is 5.91 Å². The second-order valence-corrected chi connectivity index (χ2v) is 8.74. The van der Waals surface area contributed by atoms with E-state index in [-0.39, 0.29) is 5.91 Å². The van der Waals surface area contributed by atoms with Crippen molar-refractivity contribution in [1.82, 2.24) is 4.98 Å². The van der Waals surface area contributed by atoms with Crippen molar-refractivity contribution >= 4 is 29.2 Å². The Morgan fingerprint density at radius 1 is 1.03 bits per heavy atom. The van der Waals surface area contributed by atoms with Gasteiger partial charge in [0.05, 0.1) is 11.1 Å². The summed E-state index contributed by atoms with van der Waals surface area (Å²) in [4.78, 5) is 19.4. The molecule has 8 heteroatoms. The quantitative estimate of drug-likeness (QED) is 0.531. The number of alkyl halides is 3. The van der Waals surface area contributed by atoms with Crippen LogP contribution >= 0.6 is 11.8 Å². The average molecular weight is 458 g/mol. The van der Waals surface area contributed by atoms with E-state index in [2.05, 4.69) is 15.2 Å². The summed E-state index contributed by atoms with van der Waals surface area (Å²) in [6, 6.07) is 14.0. The summed E-state index contributed by atoms with van der Waals surface area (Å²) in [5.41, 5.74) is 2.54. The molecule has 0 saturated carbocycles. The van der Waals surface area contributed by atoms with Gasteiger partial charge in [-0.25, -0.2) is 4.98 Å². The van der Waals surface area contributed by atoms with E-state index < -0.39 is 11.7 Å². The molecule has 0 unspecified atom stereocenters. The Balaban J connectivity index is 1.50. The lowest BCUT2D eigenvalue weighted by Crippen LogP contribution is -2.33. The van der Waals surface area contributed by atoms with Crippen LogP contribution in [0.5, 0.6) is 0 Å². The molecule has 4 nitrogen and oxygen atoms in total. The number of hydrogen-bond acceptors (Lipinski definition) is 4. The number of benzene rings is 2. The Kier molecular flexibility index (Phi) is 6.41. The molecule has 4 rings (SSSR count). The van der Waals surface area contributed by atoms with Crippen molar-refractivity contribution in [3.63, 3.8) is 0 Å². The molecule has 2 aromatic carbocycles. The average Bonchev–Trinajstić information content (AvgIpc) is 2.80. The van der Waals surface area contributed by atoms with Gasteiger partial charge < -0.3 is 10.2 Å². The highest BCUT2D eigenvalue weighted by molar-refractivity contribution is 7.99. The van der Waals surface area contributed by atoms with Gasteiger partial charge in [0.2, 0.25) is 0 Å². The molecule has 1 amide bonds. The predicted octanol–water partition coefficient (Wildman–Crippen LogP) is 5.88. The molecule has 1 saturated heterocycles. The minimum absolute atomic E-state index is 0.286. The molecule has 32 heavy (non-hydrogen) atoms. The fourth-order valence-corrected chi connectivity index (χ4v) is 4.52. The van der Waals surface area contributed by atoms with Crippen molar-refractivity contribution < 1.29 is 18.0 Å². The normalized spacial score (nSPS) is 14.3. The molecule has 1 aromatic heterocycles. The lowest BCUT2D eigenvalue weighted by Gasteiger charge is -2.27. The molecule has 1 fully saturated rings. The van der Waals surface area contributed by atoms with Crippen molar-refractivity contribution in [2.24, 2.45) is 0 Å². The van der Waals surface area contributed by atoms with Crippen molar-refractivity contribution in [1.29, 1.82) is 0 Å². The first-order valence-corrected chi connectivity index (χ1v) is 11.4. The fourth-order valence-electron chi connectivity index (χ4n) is 3.62. The van der Waals surface area contributed by atoms with Crippen LogP contribution in [0.2, 0.25) is 0 Å². The van der Waals surface area contributed by atoms with Gasteiger partial charge in [0.15, 0.2) is 0 Å². The van der Waals surface area contributed by atoms with Gasteiger partial charge in [-0.15, -0.1) is 0 Å². The molecule has 0 spiro atoms. The SMILES string of the molecule is Cc1c(NC(=O)c2ccc(N3CCSCC3)nc2)cccc1-c1ccc(C(F)(F)F)cc1. The summed E-state index contributed by atoms with van der Waals surface area (Å²) < 4.78 is 38.5. The van der Waals surface area contributed by atoms with Gasteiger partial charge in [-0.3, -0.25) is 4.79 Å². The standard InChI is InChI=1S/C24H22F3N3OS/c1-16-20(17-5-8-19(9-6-17)24(25,26)27)3-2-4-21(16)29-23(31)18-7-10-22(28-15-18)30-11-13-32-14-12-30/h2-10,15H,11-14H2,1H3,(H,29,31). The van der Waals surface area contributed by atoms with E-state index in [0.717, 1.165) is 53.7 Å². The summed E-state index contributed by atoms with van der Waals surface area (Å²) in [6.07, 6.45) is -2.80. The van der Waals surface area contributed by atoms with E-state index in [1.165, 1.54) is 12.1 Å². The number of hydrogen-bond donors (Lipinski definition) is 1. The fraction of sp³-hybridized carbons (Fsp3) is 0.250. The van der Waals surface area contributed by atoms with Crippen molar-refractivity contribution in [2.45, 2.75) is 13.1 Å². The molecule has 1 N–H and O–H groups in total. The maximum absolute atomic E-state index is 12.8. The molecule has 3 aromatic rings. The number of pyridine rings is 1. The number of nitrogens with zero attached hydrogens (tertiary/aromatic N) is 2. The zero-order chi connectivity index (χ0) is 22.7. The topological polar surface area (TPSA) is 45.2 Å². The van der Waals surface area contributed by atoms with E-state index in [1.807, 2.05) is 30.8 Å². The molecule has 2 heterocycles. The van der Waals surface area contributed by atoms with E-state index >= 15 is 0 Å². The summed E-state index contributed by atoms with van der Waals surface area (Å²) in [5.74, 6) is 2.71. The molecule has 0 atom stereocenters. The van der Waals surface area contributed by atoms with Gasteiger partial charge >= 0.3 is 6.18 Å². The second kappa shape index (κ2) is 9.24. The number of thioether (sulfide) groups is 1. The van der Waals surface area contributed by atoms with Crippen LogP contribution in [0.25, 0.3) is 11.1 Å². The summed E-state index contributed by atoms with van der Waals surface area (Å²) in [5, 5.41) is 2.90. The Bertz CT molecular complexity index is 1090. The molecular weight excluding hydrogens is 435 g/mol. The maximum atomic E-state index is 12.8. The molecular formula is C24H22F3N3OS. The minimum Gasteiger partial charge on any atom is -0.355 e. The Labute approximate surface area is 188 Å². The summed E-state index contributed by atoms with van der Waals surface area (Å²) in [6.45, 7) is 3.72. The van der Waals surface area contributed by atoms with E-state index in [1.54, 1.807) is 24.4 Å². The maximum Gasteiger partial charge on any atom is 0.416 e. The second-order valence-electron chi connectivity index (χ2n) is 7.51. The zero-order valence-corrected chi connectivity index (χ0v) is 18.3. The van der Waals surface area contributed by atoms with Gasteiger partial charge in [-0.1, -0.05) is 24.3 Å². The largest absolute Gasteiger partial charge is 0.416 e. The Morgan fingerprint density at radius 3 is 2.38 bits per heavy atom. The van der Waals surface area contributed by atoms with Crippen LogP contribution in [0, 0.1) is 6.92 Å². The van der Waals surface area contributed by atoms with Crippen molar-refractivity contribution in [3.05, 3.63) is 77.5 Å². The summed E-state index contributed by atoms with van der Waals surface area (Å²) >= 11 is 1.92. The van der Waals surface area contributed by atoms with Crippen LogP contribution in [-0.4, -0.2) is 35.5 Å². The van der Waals surface area contributed by atoms with Crippen LogP contribution in [0.15, 0.2) is 60.8 Å². The van der Waals surface area contributed by atoms with Crippen molar-refractivity contribution in [3.8, 4) is 11.1 Å². The first kappa shape index (κ1) is 22.2. The first-order chi connectivity index (χ1) is 15.3. The molecule has 1 aliphatic heterocycles. The Morgan fingerprint density at radius 2 is 1.75 bits per heavy atom. The monoisotopic (exact) mass is 457 g/mol. The van der Waals surface area contributed by atoms with Crippen LogP contribution < -0.4 is 10.2 Å². The predicted molar refractivity (Wildman–Crippen MR) is 123 cm³/mol. The lowest BCUT2D eigenvalue weighted by atomic mass is 9.98. The van der Waals surface area contributed by atoms with E-state index in [4.69, 9.17) is 0 Å². The highest BCUT2D eigenvalue weighted by Crippen LogP contribution is 2.33.